The maximum absolute atomic E-state index is 5.81. The van der Waals surface area contributed by atoms with Gasteiger partial charge in [0, 0.05) is 23.7 Å². The van der Waals surface area contributed by atoms with Crippen LogP contribution in [0, 0.1) is 0 Å². The predicted molar refractivity (Wildman–Crippen MR) is 105 cm³/mol. The molecule has 0 unspecified atom stereocenters. The van der Waals surface area contributed by atoms with Crippen LogP contribution in [0.15, 0.2) is 42.7 Å². The average Bonchev–Trinajstić information content (AvgIpc) is 3.17. The Morgan fingerprint density at radius 3 is 2.65 bits per heavy atom. The van der Waals surface area contributed by atoms with Crippen molar-refractivity contribution >= 4 is 5.65 Å². The molecule has 2 aromatic heterocycles. The number of ether oxygens (including phenoxy) is 1. The molecule has 0 saturated heterocycles. The van der Waals surface area contributed by atoms with Gasteiger partial charge in [0.15, 0.2) is 5.65 Å². The van der Waals surface area contributed by atoms with E-state index in [4.69, 9.17) is 4.74 Å². The molecular weight excluding hydrogens is 322 g/mol. The second-order valence-electron chi connectivity index (χ2n) is 7.22. The highest BCUT2D eigenvalue weighted by Gasteiger charge is 2.23. The van der Waals surface area contributed by atoms with Crippen LogP contribution >= 0.6 is 0 Å². The van der Waals surface area contributed by atoms with Crippen LogP contribution in [0.4, 0.5) is 0 Å². The van der Waals surface area contributed by atoms with E-state index in [0.29, 0.717) is 5.92 Å². The molecule has 3 aromatic rings. The van der Waals surface area contributed by atoms with Crippen LogP contribution in [0.25, 0.3) is 16.8 Å². The predicted octanol–water partition coefficient (Wildman–Crippen LogP) is 5.62. The lowest BCUT2D eigenvalue weighted by molar-refractivity contribution is 0.309. The fourth-order valence-corrected chi connectivity index (χ4v) is 3.95. The third-order valence-electron chi connectivity index (χ3n) is 5.38. The first-order valence-corrected chi connectivity index (χ1v) is 9.92. The van der Waals surface area contributed by atoms with Crippen LogP contribution in [0.2, 0.25) is 0 Å². The number of unbranched alkanes of at least 4 members (excludes halogenated alkanes) is 1. The Kier molecular flexibility index (Phi) is 5.19. The van der Waals surface area contributed by atoms with Crippen molar-refractivity contribution in [1.82, 2.24) is 14.6 Å². The van der Waals surface area contributed by atoms with Gasteiger partial charge in [0.2, 0.25) is 0 Å². The minimum Gasteiger partial charge on any atom is -0.494 e. The molecule has 1 saturated carbocycles. The van der Waals surface area contributed by atoms with E-state index in [-0.39, 0.29) is 0 Å². The van der Waals surface area contributed by atoms with E-state index in [9.17, 15) is 0 Å². The number of nitrogens with zero attached hydrogens (tertiary/aromatic N) is 3. The topological polar surface area (TPSA) is 39.4 Å². The van der Waals surface area contributed by atoms with Crippen molar-refractivity contribution in [3.63, 3.8) is 0 Å². The van der Waals surface area contributed by atoms with E-state index >= 15 is 0 Å². The van der Waals surface area contributed by atoms with Crippen LogP contribution in [0.3, 0.4) is 0 Å². The molecule has 26 heavy (non-hydrogen) atoms. The van der Waals surface area contributed by atoms with E-state index < -0.39 is 0 Å². The fourth-order valence-electron chi connectivity index (χ4n) is 3.95. The number of hydrogen-bond acceptors (Lipinski definition) is 3. The number of benzene rings is 1. The summed E-state index contributed by atoms with van der Waals surface area (Å²) in [7, 11) is 0. The molecule has 2 heterocycles. The highest BCUT2D eigenvalue weighted by molar-refractivity contribution is 5.68. The van der Waals surface area contributed by atoms with Crippen molar-refractivity contribution in [1.29, 1.82) is 0 Å². The maximum atomic E-state index is 5.81. The standard InChI is InChI=1S/C22H27N3O/c1-2-3-15-26-19-11-9-17(10-12-19)20-16-23-21-13-14-24-25(21)22(20)18-7-5-4-6-8-18/h9-14,16,18H,2-8,15H2,1H3. The van der Waals surface area contributed by atoms with Crippen molar-refractivity contribution in [2.75, 3.05) is 6.61 Å². The number of rotatable bonds is 6. The van der Waals surface area contributed by atoms with Crippen LogP contribution in [0.1, 0.15) is 63.5 Å². The quantitative estimate of drug-likeness (QED) is 0.542. The minimum atomic E-state index is 0.560. The van der Waals surface area contributed by atoms with Crippen molar-refractivity contribution in [2.24, 2.45) is 0 Å². The second-order valence-corrected chi connectivity index (χ2v) is 7.22. The van der Waals surface area contributed by atoms with E-state index in [1.807, 2.05) is 18.5 Å². The lowest BCUT2D eigenvalue weighted by Gasteiger charge is -2.24. The van der Waals surface area contributed by atoms with Gasteiger partial charge in [-0.05, 0) is 37.0 Å². The Morgan fingerprint density at radius 1 is 1.08 bits per heavy atom. The zero-order chi connectivity index (χ0) is 17.8. The summed E-state index contributed by atoms with van der Waals surface area (Å²) < 4.78 is 7.86. The zero-order valence-electron chi connectivity index (χ0n) is 15.5. The van der Waals surface area contributed by atoms with Crippen LogP contribution in [0.5, 0.6) is 5.75 Å². The summed E-state index contributed by atoms with van der Waals surface area (Å²) >= 11 is 0. The molecular formula is C22H27N3O. The molecule has 1 aliphatic rings. The average molecular weight is 349 g/mol. The number of aromatic nitrogens is 3. The Hall–Kier alpha value is -2.36. The van der Waals surface area contributed by atoms with Gasteiger partial charge in [-0.1, -0.05) is 44.7 Å². The maximum Gasteiger partial charge on any atom is 0.155 e. The van der Waals surface area contributed by atoms with Crippen molar-refractivity contribution in [3.8, 4) is 16.9 Å². The molecule has 0 atom stereocenters. The molecule has 0 N–H and O–H groups in total. The lowest BCUT2D eigenvalue weighted by atomic mass is 9.84. The monoisotopic (exact) mass is 349 g/mol. The van der Waals surface area contributed by atoms with Gasteiger partial charge in [0.05, 0.1) is 18.5 Å². The summed E-state index contributed by atoms with van der Waals surface area (Å²) in [6, 6.07) is 10.4. The SMILES string of the molecule is CCCCOc1ccc(-c2cnc3ccnn3c2C2CCCCC2)cc1. The van der Waals surface area contributed by atoms with Crippen LogP contribution in [-0.4, -0.2) is 21.2 Å². The minimum absolute atomic E-state index is 0.560. The second kappa shape index (κ2) is 7.90. The van der Waals surface area contributed by atoms with Crippen molar-refractivity contribution < 1.29 is 4.74 Å². The van der Waals surface area contributed by atoms with Gasteiger partial charge < -0.3 is 4.74 Å². The molecule has 0 spiro atoms. The lowest BCUT2D eigenvalue weighted by Crippen LogP contribution is -2.12. The summed E-state index contributed by atoms with van der Waals surface area (Å²) in [5.41, 5.74) is 4.65. The smallest absolute Gasteiger partial charge is 0.155 e. The third-order valence-corrected chi connectivity index (χ3v) is 5.38. The van der Waals surface area contributed by atoms with E-state index in [1.165, 1.54) is 48.9 Å². The van der Waals surface area contributed by atoms with Gasteiger partial charge in [-0.25, -0.2) is 9.50 Å². The largest absolute Gasteiger partial charge is 0.494 e. The summed E-state index contributed by atoms with van der Waals surface area (Å²) in [5, 5.41) is 4.58. The summed E-state index contributed by atoms with van der Waals surface area (Å²) in [6.07, 6.45) is 12.6. The van der Waals surface area contributed by atoms with Crippen LogP contribution < -0.4 is 4.74 Å². The summed E-state index contributed by atoms with van der Waals surface area (Å²) in [5.74, 6) is 1.50. The van der Waals surface area contributed by atoms with Gasteiger partial charge in [-0.2, -0.15) is 5.10 Å². The number of fused-ring (bicyclic) bond motifs is 1. The highest BCUT2D eigenvalue weighted by atomic mass is 16.5. The molecule has 0 radical (unpaired) electrons. The van der Waals surface area contributed by atoms with E-state index in [1.54, 1.807) is 0 Å². The first-order valence-electron chi connectivity index (χ1n) is 9.92. The molecule has 4 rings (SSSR count). The van der Waals surface area contributed by atoms with Gasteiger partial charge >= 0.3 is 0 Å². The normalized spacial score (nSPS) is 15.4. The van der Waals surface area contributed by atoms with E-state index in [2.05, 4.69) is 45.8 Å². The first-order chi connectivity index (χ1) is 12.9. The molecule has 4 heteroatoms. The molecule has 0 amide bonds. The Morgan fingerprint density at radius 2 is 1.88 bits per heavy atom. The zero-order valence-corrected chi connectivity index (χ0v) is 15.5. The van der Waals surface area contributed by atoms with Crippen molar-refractivity contribution in [2.45, 2.75) is 57.8 Å². The molecule has 0 aliphatic heterocycles. The first kappa shape index (κ1) is 17.1. The number of hydrogen-bond donors (Lipinski definition) is 0. The Labute approximate surface area is 155 Å². The highest BCUT2D eigenvalue weighted by Crippen LogP contribution is 2.38. The molecule has 4 nitrogen and oxygen atoms in total. The van der Waals surface area contributed by atoms with Gasteiger partial charge in [-0.15, -0.1) is 0 Å². The molecule has 0 bridgehead atoms. The van der Waals surface area contributed by atoms with Gasteiger partial charge in [0.25, 0.3) is 0 Å². The Balaban J connectivity index is 1.69. The van der Waals surface area contributed by atoms with Crippen molar-refractivity contribution in [3.05, 3.63) is 48.4 Å². The molecule has 1 aromatic carbocycles. The molecule has 136 valence electrons. The third kappa shape index (κ3) is 3.46. The summed E-state index contributed by atoms with van der Waals surface area (Å²) in [4.78, 5) is 4.63. The van der Waals surface area contributed by atoms with E-state index in [0.717, 1.165) is 30.8 Å². The van der Waals surface area contributed by atoms with Gasteiger partial charge in [-0.3, -0.25) is 0 Å². The molecule has 1 aliphatic carbocycles. The molecule has 1 fully saturated rings. The van der Waals surface area contributed by atoms with Crippen LogP contribution in [-0.2, 0) is 0 Å². The fraction of sp³-hybridized carbons (Fsp3) is 0.455. The Bertz CT molecular complexity index is 847. The van der Waals surface area contributed by atoms with Gasteiger partial charge in [0.1, 0.15) is 5.75 Å². The summed E-state index contributed by atoms with van der Waals surface area (Å²) in [6.45, 7) is 2.96.